The number of rotatable bonds is 3. The lowest BCUT2D eigenvalue weighted by atomic mass is 10.1. The van der Waals surface area contributed by atoms with Gasteiger partial charge in [-0.05, 0) is 48.1 Å². The number of benzene rings is 2. The third-order valence-electron chi connectivity index (χ3n) is 3.43. The zero-order valence-electron chi connectivity index (χ0n) is 11.4. The highest BCUT2D eigenvalue weighted by molar-refractivity contribution is 7.99. The molecule has 3 nitrogen and oxygen atoms in total. The molecule has 116 valence electrons. The van der Waals surface area contributed by atoms with Crippen LogP contribution in [0.4, 0.5) is 0 Å². The number of halogens is 2. The fourth-order valence-electron chi connectivity index (χ4n) is 2.40. The zero-order chi connectivity index (χ0) is 15.7. The summed E-state index contributed by atoms with van der Waals surface area (Å²) in [6.45, 7) is 0. The molecule has 1 heterocycles. The average molecular weight is 374 g/mol. The quantitative estimate of drug-likeness (QED) is 0.860. The minimum absolute atomic E-state index is 0.0958. The van der Waals surface area contributed by atoms with Crippen LogP contribution >= 0.6 is 35.0 Å². The lowest BCUT2D eigenvalue weighted by Gasteiger charge is -2.26. The van der Waals surface area contributed by atoms with Gasteiger partial charge in [0.25, 0.3) is 0 Å². The summed E-state index contributed by atoms with van der Waals surface area (Å²) in [5.74, 6) is 0.852. The van der Waals surface area contributed by atoms with E-state index in [1.165, 1.54) is 6.07 Å². The zero-order valence-corrected chi connectivity index (χ0v) is 14.6. The van der Waals surface area contributed by atoms with Crippen LogP contribution in [0.3, 0.4) is 0 Å². The third-order valence-corrected chi connectivity index (χ3v) is 6.76. The molecular formula is C15H13Cl2NO2S2. The first kappa shape index (κ1) is 16.1. The monoisotopic (exact) mass is 373 g/mol. The molecule has 0 fully saturated rings. The molecule has 1 N–H and O–H groups in total. The molecule has 0 amide bonds. The van der Waals surface area contributed by atoms with E-state index in [1.807, 2.05) is 18.2 Å². The summed E-state index contributed by atoms with van der Waals surface area (Å²) in [6, 6.07) is 11.7. The highest BCUT2D eigenvalue weighted by Gasteiger charge is 2.27. The van der Waals surface area contributed by atoms with Gasteiger partial charge in [0.1, 0.15) is 4.90 Å². The third kappa shape index (κ3) is 3.29. The van der Waals surface area contributed by atoms with Crippen LogP contribution in [0.2, 0.25) is 10.0 Å². The summed E-state index contributed by atoms with van der Waals surface area (Å²) in [5, 5.41) is 0.815. The number of thioether (sulfide) groups is 1. The molecule has 0 radical (unpaired) electrons. The largest absolute Gasteiger partial charge is 0.242 e. The van der Waals surface area contributed by atoms with Crippen molar-refractivity contribution < 1.29 is 8.42 Å². The van der Waals surface area contributed by atoms with E-state index in [9.17, 15) is 8.42 Å². The van der Waals surface area contributed by atoms with Crippen molar-refractivity contribution >= 4 is 45.0 Å². The molecule has 1 aliphatic rings. The summed E-state index contributed by atoms with van der Waals surface area (Å²) in [7, 11) is -3.68. The van der Waals surface area contributed by atoms with Crippen LogP contribution in [-0.2, 0) is 10.0 Å². The predicted octanol–water partition coefficient (Wildman–Crippen LogP) is 4.51. The second-order valence-corrected chi connectivity index (χ2v) is 8.59. The molecule has 0 saturated carbocycles. The van der Waals surface area contributed by atoms with E-state index < -0.39 is 10.0 Å². The SMILES string of the molecule is O=S(=O)(NC1CCSc2ccc(Cl)cc21)c1ccccc1Cl. The van der Waals surface area contributed by atoms with E-state index in [1.54, 1.807) is 30.0 Å². The Morgan fingerprint density at radius 3 is 2.68 bits per heavy atom. The Hall–Kier alpha value is -0.720. The highest BCUT2D eigenvalue weighted by Crippen LogP contribution is 2.38. The van der Waals surface area contributed by atoms with Crippen molar-refractivity contribution in [2.45, 2.75) is 22.3 Å². The van der Waals surface area contributed by atoms with Gasteiger partial charge in [-0.2, -0.15) is 0 Å². The van der Waals surface area contributed by atoms with Gasteiger partial charge in [0.05, 0.1) is 5.02 Å². The molecule has 0 bridgehead atoms. The summed E-state index contributed by atoms with van der Waals surface area (Å²) < 4.78 is 27.9. The van der Waals surface area contributed by atoms with E-state index in [0.717, 1.165) is 16.2 Å². The molecule has 1 aliphatic heterocycles. The molecule has 0 saturated heterocycles. The van der Waals surface area contributed by atoms with Crippen LogP contribution in [0.5, 0.6) is 0 Å². The van der Waals surface area contributed by atoms with Gasteiger partial charge in [-0.25, -0.2) is 13.1 Å². The van der Waals surface area contributed by atoms with Crippen molar-refractivity contribution in [3.05, 3.63) is 58.1 Å². The minimum Gasteiger partial charge on any atom is -0.207 e. The minimum atomic E-state index is -3.68. The highest BCUT2D eigenvalue weighted by atomic mass is 35.5. The molecular weight excluding hydrogens is 361 g/mol. The second kappa shape index (κ2) is 6.42. The van der Waals surface area contributed by atoms with Crippen molar-refractivity contribution in [3.63, 3.8) is 0 Å². The van der Waals surface area contributed by atoms with Gasteiger partial charge in [0.15, 0.2) is 0 Å². The maximum Gasteiger partial charge on any atom is 0.242 e. The van der Waals surface area contributed by atoms with E-state index in [-0.39, 0.29) is 16.0 Å². The van der Waals surface area contributed by atoms with Gasteiger partial charge in [0, 0.05) is 16.0 Å². The lowest BCUT2D eigenvalue weighted by Crippen LogP contribution is -2.31. The molecule has 0 aliphatic carbocycles. The van der Waals surface area contributed by atoms with E-state index in [0.29, 0.717) is 11.4 Å². The molecule has 1 atom stereocenters. The lowest BCUT2D eigenvalue weighted by molar-refractivity contribution is 0.546. The first-order valence-corrected chi connectivity index (χ1v) is 9.89. The first-order chi connectivity index (χ1) is 10.5. The summed E-state index contributed by atoms with van der Waals surface area (Å²) >= 11 is 13.8. The number of nitrogens with one attached hydrogen (secondary N) is 1. The van der Waals surface area contributed by atoms with Crippen LogP contribution in [0.15, 0.2) is 52.3 Å². The number of hydrogen-bond acceptors (Lipinski definition) is 3. The number of sulfonamides is 1. The number of fused-ring (bicyclic) bond motifs is 1. The van der Waals surface area contributed by atoms with Gasteiger partial charge in [-0.15, -0.1) is 11.8 Å². The fourth-order valence-corrected chi connectivity index (χ4v) is 5.46. The van der Waals surface area contributed by atoms with Crippen LogP contribution in [0.25, 0.3) is 0 Å². The Bertz CT molecular complexity index is 809. The topological polar surface area (TPSA) is 46.2 Å². The van der Waals surface area contributed by atoms with Crippen molar-refractivity contribution in [2.75, 3.05) is 5.75 Å². The molecule has 22 heavy (non-hydrogen) atoms. The molecule has 2 aromatic rings. The molecule has 0 aromatic heterocycles. The van der Waals surface area contributed by atoms with Gasteiger partial charge >= 0.3 is 0 Å². The van der Waals surface area contributed by atoms with Crippen molar-refractivity contribution in [1.29, 1.82) is 0 Å². The maximum absolute atomic E-state index is 12.6. The van der Waals surface area contributed by atoms with Crippen molar-refractivity contribution in [3.8, 4) is 0 Å². The van der Waals surface area contributed by atoms with Gasteiger partial charge in [-0.3, -0.25) is 0 Å². The normalized spacial score (nSPS) is 18.0. The van der Waals surface area contributed by atoms with E-state index in [2.05, 4.69) is 4.72 Å². The Morgan fingerprint density at radius 1 is 1.14 bits per heavy atom. The van der Waals surface area contributed by atoms with E-state index >= 15 is 0 Å². The Kier molecular flexibility index (Phi) is 4.71. The Morgan fingerprint density at radius 2 is 1.91 bits per heavy atom. The fraction of sp³-hybridized carbons (Fsp3) is 0.200. The van der Waals surface area contributed by atoms with Crippen LogP contribution < -0.4 is 4.72 Å². The van der Waals surface area contributed by atoms with Gasteiger partial charge in [0.2, 0.25) is 10.0 Å². The van der Waals surface area contributed by atoms with E-state index in [4.69, 9.17) is 23.2 Å². The van der Waals surface area contributed by atoms with Crippen molar-refractivity contribution in [1.82, 2.24) is 4.72 Å². The average Bonchev–Trinajstić information content (AvgIpc) is 2.48. The summed E-state index contributed by atoms with van der Waals surface area (Å²) in [6.07, 6.45) is 0.710. The molecule has 0 spiro atoms. The van der Waals surface area contributed by atoms with Gasteiger partial charge < -0.3 is 0 Å². The van der Waals surface area contributed by atoms with Crippen molar-refractivity contribution in [2.24, 2.45) is 0 Å². The predicted molar refractivity (Wildman–Crippen MR) is 91.3 cm³/mol. The Labute approximate surface area is 144 Å². The smallest absolute Gasteiger partial charge is 0.207 e. The number of hydrogen-bond donors (Lipinski definition) is 1. The van der Waals surface area contributed by atoms with Gasteiger partial charge in [-0.1, -0.05) is 35.3 Å². The molecule has 2 aromatic carbocycles. The standard InChI is InChI=1S/C15H13Cl2NO2S2/c16-10-5-6-14-11(9-10)13(7-8-21-14)18-22(19,20)15-4-2-1-3-12(15)17/h1-6,9,13,18H,7-8H2. The van der Waals surface area contributed by atoms with Crippen LogP contribution in [0, 0.1) is 0 Å². The molecule has 7 heteroatoms. The molecule has 3 rings (SSSR count). The summed E-state index contributed by atoms with van der Waals surface area (Å²) in [5.41, 5.74) is 0.916. The maximum atomic E-state index is 12.6. The van der Waals surface area contributed by atoms with Crippen LogP contribution in [0.1, 0.15) is 18.0 Å². The van der Waals surface area contributed by atoms with Crippen LogP contribution in [-0.4, -0.2) is 14.2 Å². The first-order valence-electron chi connectivity index (χ1n) is 6.66. The second-order valence-electron chi connectivity index (χ2n) is 4.92. The molecule has 1 unspecified atom stereocenters. The Balaban J connectivity index is 1.95. The summed E-state index contributed by atoms with van der Waals surface area (Å²) in [4.78, 5) is 1.15.